The number of carbonyl (C=O) groups is 2. The van der Waals surface area contributed by atoms with E-state index in [-0.39, 0.29) is 34.0 Å². The van der Waals surface area contributed by atoms with Crippen LogP contribution in [0.4, 0.5) is 0 Å². The van der Waals surface area contributed by atoms with E-state index in [9.17, 15) is 19.8 Å². The molecule has 94 valence electrons. The Morgan fingerprint density at radius 3 is 2.11 bits per heavy atom. The van der Waals surface area contributed by atoms with Crippen LogP contribution in [0.2, 0.25) is 0 Å². The first-order chi connectivity index (χ1) is 9.15. The predicted octanol–water partition coefficient (Wildman–Crippen LogP) is 1.66. The smallest absolute Gasteiger partial charge is 0.195 e. The molecule has 0 saturated heterocycles. The van der Waals surface area contributed by atoms with Gasteiger partial charge in [-0.3, -0.25) is 9.59 Å². The molecule has 1 aliphatic rings. The van der Waals surface area contributed by atoms with E-state index in [4.69, 9.17) is 0 Å². The summed E-state index contributed by atoms with van der Waals surface area (Å²) in [4.78, 5) is 24.7. The SMILES string of the molecule is O=C1c2ccccc2C(=O)c2c1ccc(O)c2CO. The molecular formula is C15H10O4. The summed E-state index contributed by atoms with van der Waals surface area (Å²) >= 11 is 0. The monoisotopic (exact) mass is 254 g/mol. The molecule has 0 fully saturated rings. The molecule has 0 saturated carbocycles. The van der Waals surface area contributed by atoms with Crippen LogP contribution in [0.15, 0.2) is 36.4 Å². The van der Waals surface area contributed by atoms with Crippen molar-refractivity contribution in [3.63, 3.8) is 0 Å². The Bertz CT molecular complexity index is 716. The molecular weight excluding hydrogens is 244 g/mol. The topological polar surface area (TPSA) is 74.6 Å². The molecule has 0 radical (unpaired) electrons. The Labute approximate surface area is 108 Å². The third-order valence-corrected chi connectivity index (χ3v) is 3.33. The molecule has 2 aromatic carbocycles. The van der Waals surface area contributed by atoms with E-state index in [1.54, 1.807) is 24.3 Å². The average Bonchev–Trinajstić information content (AvgIpc) is 2.44. The molecule has 0 unspecified atom stereocenters. The van der Waals surface area contributed by atoms with Gasteiger partial charge in [0.2, 0.25) is 0 Å². The Morgan fingerprint density at radius 2 is 1.47 bits per heavy atom. The lowest BCUT2D eigenvalue weighted by Crippen LogP contribution is -2.22. The van der Waals surface area contributed by atoms with E-state index in [1.807, 2.05) is 0 Å². The van der Waals surface area contributed by atoms with Crippen LogP contribution in [-0.4, -0.2) is 21.8 Å². The lowest BCUT2D eigenvalue weighted by molar-refractivity contribution is 0.0976. The number of aliphatic hydroxyl groups is 1. The molecule has 4 nitrogen and oxygen atoms in total. The largest absolute Gasteiger partial charge is 0.508 e. The van der Waals surface area contributed by atoms with Crippen LogP contribution in [0.3, 0.4) is 0 Å². The zero-order chi connectivity index (χ0) is 13.6. The first-order valence-corrected chi connectivity index (χ1v) is 5.79. The summed E-state index contributed by atoms with van der Waals surface area (Å²) in [6.07, 6.45) is 0. The molecule has 2 aromatic rings. The molecule has 19 heavy (non-hydrogen) atoms. The van der Waals surface area contributed by atoms with Crippen molar-refractivity contribution in [2.45, 2.75) is 6.61 Å². The van der Waals surface area contributed by atoms with Crippen molar-refractivity contribution in [1.82, 2.24) is 0 Å². The Balaban J connectivity index is 2.36. The van der Waals surface area contributed by atoms with Crippen molar-refractivity contribution in [2.75, 3.05) is 0 Å². The van der Waals surface area contributed by atoms with Gasteiger partial charge >= 0.3 is 0 Å². The van der Waals surface area contributed by atoms with Crippen molar-refractivity contribution in [3.05, 3.63) is 64.2 Å². The first-order valence-electron chi connectivity index (χ1n) is 5.79. The Kier molecular flexibility index (Phi) is 2.47. The van der Waals surface area contributed by atoms with E-state index >= 15 is 0 Å². The predicted molar refractivity (Wildman–Crippen MR) is 67.3 cm³/mol. The summed E-state index contributed by atoms with van der Waals surface area (Å²) in [7, 11) is 0. The van der Waals surface area contributed by atoms with Gasteiger partial charge in [0.15, 0.2) is 11.6 Å². The fourth-order valence-corrected chi connectivity index (χ4v) is 2.40. The maximum atomic E-state index is 12.4. The molecule has 0 heterocycles. The minimum Gasteiger partial charge on any atom is -0.508 e. The van der Waals surface area contributed by atoms with Crippen LogP contribution in [0, 0.1) is 0 Å². The third kappa shape index (κ3) is 1.50. The summed E-state index contributed by atoms with van der Waals surface area (Å²) in [5, 5.41) is 19.0. The normalized spacial score (nSPS) is 13.1. The molecule has 0 aliphatic heterocycles. The van der Waals surface area contributed by atoms with Crippen molar-refractivity contribution in [3.8, 4) is 5.75 Å². The fraction of sp³-hybridized carbons (Fsp3) is 0.0667. The average molecular weight is 254 g/mol. The maximum absolute atomic E-state index is 12.4. The number of aliphatic hydroxyl groups excluding tert-OH is 1. The number of benzene rings is 2. The van der Waals surface area contributed by atoms with Crippen molar-refractivity contribution in [2.24, 2.45) is 0 Å². The van der Waals surface area contributed by atoms with E-state index in [0.717, 1.165) is 0 Å². The summed E-state index contributed by atoms with van der Waals surface area (Å²) in [6, 6.07) is 9.29. The zero-order valence-corrected chi connectivity index (χ0v) is 9.88. The second-order valence-corrected chi connectivity index (χ2v) is 4.35. The van der Waals surface area contributed by atoms with Crippen LogP contribution >= 0.6 is 0 Å². The van der Waals surface area contributed by atoms with Crippen LogP contribution in [0.1, 0.15) is 37.4 Å². The number of hydrogen-bond donors (Lipinski definition) is 2. The number of hydrogen-bond acceptors (Lipinski definition) is 4. The van der Waals surface area contributed by atoms with E-state index in [1.165, 1.54) is 12.1 Å². The minimum absolute atomic E-state index is 0.102. The van der Waals surface area contributed by atoms with E-state index in [0.29, 0.717) is 11.1 Å². The van der Waals surface area contributed by atoms with E-state index < -0.39 is 6.61 Å². The standard InChI is InChI=1S/C15H10O4/c16-7-11-12(17)6-5-10-13(11)15(19)9-4-2-1-3-8(9)14(10)18/h1-6,16-17H,7H2. The fourth-order valence-electron chi connectivity index (χ4n) is 2.40. The van der Waals surface area contributed by atoms with Gasteiger partial charge in [-0.05, 0) is 12.1 Å². The summed E-state index contributed by atoms with van der Waals surface area (Å²) in [5.41, 5.74) is 1.09. The summed E-state index contributed by atoms with van der Waals surface area (Å²) in [6.45, 7) is -0.490. The van der Waals surface area contributed by atoms with Gasteiger partial charge in [0.25, 0.3) is 0 Å². The number of phenols is 1. The van der Waals surface area contributed by atoms with Crippen LogP contribution in [0.5, 0.6) is 5.75 Å². The molecule has 1 aliphatic carbocycles. The molecule has 3 rings (SSSR count). The van der Waals surface area contributed by atoms with Gasteiger partial charge in [-0.1, -0.05) is 24.3 Å². The van der Waals surface area contributed by atoms with Crippen molar-refractivity contribution < 1.29 is 19.8 Å². The molecule has 0 atom stereocenters. The van der Waals surface area contributed by atoms with Crippen molar-refractivity contribution in [1.29, 1.82) is 0 Å². The number of ketones is 2. The van der Waals surface area contributed by atoms with Gasteiger partial charge in [-0.2, -0.15) is 0 Å². The Morgan fingerprint density at radius 1 is 0.842 bits per heavy atom. The molecule has 0 aromatic heterocycles. The highest BCUT2D eigenvalue weighted by atomic mass is 16.3. The lowest BCUT2D eigenvalue weighted by atomic mass is 9.82. The quantitative estimate of drug-likeness (QED) is 0.692. The third-order valence-electron chi connectivity index (χ3n) is 3.33. The highest BCUT2D eigenvalue weighted by Gasteiger charge is 2.32. The maximum Gasteiger partial charge on any atom is 0.195 e. The van der Waals surface area contributed by atoms with E-state index in [2.05, 4.69) is 0 Å². The second-order valence-electron chi connectivity index (χ2n) is 4.35. The number of aromatic hydroxyl groups is 1. The highest BCUT2D eigenvalue weighted by Crippen LogP contribution is 2.33. The number of fused-ring (bicyclic) bond motifs is 2. The van der Waals surface area contributed by atoms with Crippen LogP contribution in [-0.2, 0) is 6.61 Å². The molecule has 0 spiro atoms. The van der Waals surface area contributed by atoms with Gasteiger partial charge in [-0.15, -0.1) is 0 Å². The molecule has 0 amide bonds. The van der Waals surface area contributed by atoms with Crippen molar-refractivity contribution >= 4 is 11.6 Å². The van der Waals surface area contributed by atoms with Crippen LogP contribution < -0.4 is 0 Å². The highest BCUT2D eigenvalue weighted by molar-refractivity contribution is 6.29. The molecule has 4 heteroatoms. The minimum atomic E-state index is -0.490. The van der Waals surface area contributed by atoms with Gasteiger partial charge in [0.05, 0.1) is 6.61 Å². The number of carbonyl (C=O) groups excluding carboxylic acids is 2. The second kappa shape index (κ2) is 4.03. The number of rotatable bonds is 1. The Hall–Kier alpha value is -2.46. The molecule has 0 bridgehead atoms. The summed E-state index contributed by atoms with van der Waals surface area (Å²) < 4.78 is 0. The van der Waals surface area contributed by atoms with Gasteiger partial charge < -0.3 is 10.2 Å². The van der Waals surface area contributed by atoms with Crippen LogP contribution in [0.25, 0.3) is 0 Å². The first kappa shape index (κ1) is 11.6. The summed E-state index contributed by atoms with van der Waals surface area (Å²) in [5.74, 6) is -0.785. The zero-order valence-electron chi connectivity index (χ0n) is 9.88. The van der Waals surface area contributed by atoms with Gasteiger partial charge in [-0.25, -0.2) is 0 Å². The lowest BCUT2D eigenvalue weighted by Gasteiger charge is -2.20. The van der Waals surface area contributed by atoms with Gasteiger partial charge in [0, 0.05) is 27.8 Å². The molecule has 2 N–H and O–H groups in total. The van der Waals surface area contributed by atoms with Gasteiger partial charge in [0.1, 0.15) is 5.75 Å².